The van der Waals surface area contributed by atoms with Crippen LogP contribution in [-0.4, -0.2) is 17.4 Å². The normalized spacial score (nSPS) is 9.38. The van der Waals surface area contributed by atoms with Crippen LogP contribution >= 0.6 is 0 Å². The third-order valence-corrected chi connectivity index (χ3v) is 1.26. The van der Waals surface area contributed by atoms with Gasteiger partial charge in [-0.2, -0.15) is 0 Å². The summed E-state index contributed by atoms with van der Waals surface area (Å²) in [4.78, 5) is 0. The number of hydrogen-bond donors (Lipinski definition) is 2. The summed E-state index contributed by atoms with van der Waals surface area (Å²) in [7, 11) is -1.75. The van der Waals surface area contributed by atoms with Gasteiger partial charge in [0.2, 0.25) is 0 Å². The summed E-state index contributed by atoms with van der Waals surface area (Å²) >= 11 is 0. The largest absolute Gasteiger partial charge is 1.00 e. The maximum absolute atomic E-state index is 8.31. The molecule has 0 aliphatic carbocycles. The summed E-state index contributed by atoms with van der Waals surface area (Å²) in [6.07, 6.45) is 2.87. The fraction of sp³-hybridized carbons (Fsp3) is 0. The van der Waals surface area contributed by atoms with Crippen LogP contribution in [0.4, 0.5) is 0 Å². The summed E-state index contributed by atoms with van der Waals surface area (Å²) in [5, 5.41) is 16.6. The van der Waals surface area contributed by atoms with Crippen molar-refractivity contribution < 1.29 is 45.7 Å². The number of benzene rings is 1. The Hall–Kier alpha value is -0.255. The van der Waals surface area contributed by atoms with Gasteiger partial charge < -0.3 is 16.1 Å². The zero-order valence-electron chi connectivity index (χ0n) is 8.42. The van der Waals surface area contributed by atoms with Crippen molar-refractivity contribution in [2.24, 2.45) is 0 Å². The predicted octanol–water partition coefficient (Wildman–Crippen LogP) is -2.24. The van der Waals surface area contributed by atoms with Crippen molar-refractivity contribution in [2.75, 3.05) is 0 Å². The van der Waals surface area contributed by atoms with E-state index in [1.165, 1.54) is 6.26 Å². The summed E-state index contributed by atoms with van der Waals surface area (Å²) in [5.74, 6) is 0. The Morgan fingerprint density at radius 3 is 2.38 bits per heavy atom. The zero-order chi connectivity index (χ0) is 8.81. The third kappa shape index (κ3) is 5.90. The molecule has 0 fully saturated rings. The molecule has 2 N–H and O–H groups in total. The van der Waals surface area contributed by atoms with Crippen LogP contribution in [0, 0.1) is 0 Å². The van der Waals surface area contributed by atoms with Gasteiger partial charge in [0.05, 0.1) is 6.26 Å². The Morgan fingerprint density at radius 1 is 1.23 bits per heavy atom. The van der Waals surface area contributed by atoms with E-state index in [9.17, 15) is 0 Å². The summed E-state index contributed by atoms with van der Waals surface area (Å²) in [6.45, 7) is 0. The molecular formula is C8H10BNaO3. The van der Waals surface area contributed by atoms with Gasteiger partial charge in [-0.3, -0.25) is 0 Å². The molecular weight excluding hydrogens is 178 g/mol. The second kappa shape index (κ2) is 7.18. The molecule has 64 valence electrons. The molecule has 0 radical (unpaired) electrons. The minimum Gasteiger partial charge on any atom is -1.00 e. The molecule has 0 bridgehead atoms. The van der Waals surface area contributed by atoms with Crippen molar-refractivity contribution in [2.45, 2.75) is 0 Å². The van der Waals surface area contributed by atoms with E-state index in [0.717, 1.165) is 5.56 Å². The van der Waals surface area contributed by atoms with Gasteiger partial charge in [0.1, 0.15) is 0 Å². The average molecular weight is 188 g/mol. The fourth-order valence-corrected chi connectivity index (χ4v) is 0.752. The van der Waals surface area contributed by atoms with Gasteiger partial charge in [0.25, 0.3) is 0 Å². The van der Waals surface area contributed by atoms with Crippen LogP contribution in [0.15, 0.2) is 36.6 Å². The van der Waals surface area contributed by atoms with Crippen LogP contribution in [0.25, 0.3) is 6.08 Å². The fourth-order valence-electron chi connectivity index (χ4n) is 0.752. The van der Waals surface area contributed by atoms with Crippen LogP contribution in [0.1, 0.15) is 6.99 Å². The van der Waals surface area contributed by atoms with E-state index in [1.807, 2.05) is 30.3 Å². The molecule has 1 aromatic carbocycles. The van der Waals surface area contributed by atoms with E-state index in [4.69, 9.17) is 10.0 Å². The molecule has 0 saturated carbocycles. The van der Waals surface area contributed by atoms with Gasteiger partial charge in [-0.25, -0.2) is 0 Å². The second-order valence-corrected chi connectivity index (χ2v) is 2.18. The van der Waals surface area contributed by atoms with Crippen LogP contribution in [-0.2, 0) is 4.65 Å². The Labute approximate surface area is 101 Å². The van der Waals surface area contributed by atoms with Gasteiger partial charge >= 0.3 is 36.9 Å². The maximum atomic E-state index is 8.31. The SMILES string of the molecule is OB(O)OC=Cc1ccccc1.[H-].[Na+]. The molecule has 1 aromatic rings. The van der Waals surface area contributed by atoms with Crippen molar-refractivity contribution in [3.63, 3.8) is 0 Å². The number of hydrogen-bond acceptors (Lipinski definition) is 3. The molecule has 5 heteroatoms. The zero-order valence-corrected chi connectivity index (χ0v) is 9.42. The maximum Gasteiger partial charge on any atom is 1.00 e. The molecule has 0 heterocycles. The van der Waals surface area contributed by atoms with Crippen molar-refractivity contribution >= 4 is 13.4 Å². The molecule has 0 aliphatic rings. The minimum atomic E-state index is -1.75. The van der Waals surface area contributed by atoms with Crippen LogP contribution < -0.4 is 29.6 Å². The Kier molecular flexibility index (Phi) is 7.04. The van der Waals surface area contributed by atoms with Crippen molar-refractivity contribution in [1.82, 2.24) is 0 Å². The number of rotatable bonds is 3. The summed E-state index contributed by atoms with van der Waals surface area (Å²) in [6, 6.07) is 9.43. The third-order valence-electron chi connectivity index (χ3n) is 1.26. The van der Waals surface area contributed by atoms with E-state index in [1.54, 1.807) is 6.08 Å². The van der Waals surface area contributed by atoms with Gasteiger partial charge in [-0.15, -0.1) is 0 Å². The summed E-state index contributed by atoms with van der Waals surface area (Å²) in [5.41, 5.74) is 0.943. The molecule has 3 nitrogen and oxygen atoms in total. The van der Waals surface area contributed by atoms with E-state index in [-0.39, 0.29) is 31.0 Å². The van der Waals surface area contributed by atoms with E-state index >= 15 is 0 Å². The topological polar surface area (TPSA) is 49.7 Å². The molecule has 0 saturated heterocycles. The quantitative estimate of drug-likeness (QED) is 0.416. The summed E-state index contributed by atoms with van der Waals surface area (Å²) < 4.78 is 4.38. The minimum absolute atomic E-state index is 0. The first kappa shape index (κ1) is 12.7. The van der Waals surface area contributed by atoms with E-state index < -0.39 is 7.32 Å². The first-order valence-electron chi connectivity index (χ1n) is 3.52. The average Bonchev–Trinajstić information content (AvgIpc) is 2.05. The van der Waals surface area contributed by atoms with Crippen molar-refractivity contribution in [3.05, 3.63) is 42.2 Å². The molecule has 0 aliphatic heterocycles. The van der Waals surface area contributed by atoms with Crippen LogP contribution in [0.2, 0.25) is 0 Å². The molecule has 1 rings (SSSR count). The Bertz CT molecular complexity index is 256. The molecule has 0 aromatic heterocycles. The van der Waals surface area contributed by atoms with Gasteiger partial charge in [-0.1, -0.05) is 30.3 Å². The monoisotopic (exact) mass is 188 g/mol. The van der Waals surface area contributed by atoms with Crippen molar-refractivity contribution in [3.8, 4) is 0 Å². The first-order chi connectivity index (χ1) is 5.79. The van der Waals surface area contributed by atoms with Gasteiger partial charge in [-0.05, 0) is 11.6 Å². The molecule has 0 spiro atoms. The van der Waals surface area contributed by atoms with Gasteiger partial charge in [0, 0.05) is 0 Å². The van der Waals surface area contributed by atoms with Crippen LogP contribution in [0.3, 0.4) is 0 Å². The standard InChI is InChI=1S/C8H9BO3.Na.H/c10-9(11)12-7-6-8-4-2-1-3-5-8;;/h1-7,10-11H;;/q;+1;-1. The molecule has 0 atom stereocenters. The van der Waals surface area contributed by atoms with E-state index in [2.05, 4.69) is 4.65 Å². The molecule has 13 heavy (non-hydrogen) atoms. The van der Waals surface area contributed by atoms with Crippen LogP contribution in [0.5, 0.6) is 0 Å². The van der Waals surface area contributed by atoms with E-state index in [0.29, 0.717) is 0 Å². The smallest absolute Gasteiger partial charge is 1.00 e. The Morgan fingerprint density at radius 2 is 1.85 bits per heavy atom. The van der Waals surface area contributed by atoms with Gasteiger partial charge in [0.15, 0.2) is 0 Å². The first-order valence-corrected chi connectivity index (χ1v) is 3.52. The predicted molar refractivity (Wildman–Crippen MR) is 47.9 cm³/mol. The second-order valence-electron chi connectivity index (χ2n) is 2.18. The molecule has 0 unspecified atom stereocenters. The Balaban J connectivity index is 0. The molecule has 0 amide bonds. The van der Waals surface area contributed by atoms with Crippen molar-refractivity contribution in [1.29, 1.82) is 0 Å².